The molecule has 8 heteroatoms. The Balaban J connectivity index is 1.31. The predicted molar refractivity (Wildman–Crippen MR) is 129 cm³/mol. The van der Waals surface area contributed by atoms with Gasteiger partial charge in [-0.1, -0.05) is 29.8 Å². The molecule has 0 bridgehead atoms. The normalized spacial score (nSPS) is 26.6. The third-order valence-corrected chi connectivity index (χ3v) is 7.93. The van der Waals surface area contributed by atoms with E-state index in [9.17, 15) is 14.4 Å². The number of amides is 2. The standard InChI is InChI=1S/C26H38N4O4/c1-18-4-6-19(7-5-18)17-30-15-12-22-24(30)25(32)27-16-21(28(22)2)8-9-23(31)29-13-10-20(11-14-29)26(33)34-3/h4-7,20-22,24H,8-17H2,1-3H3,(H,27,32)/t21-,22-,24-/m0/s1. The smallest absolute Gasteiger partial charge is 0.308 e. The van der Waals surface area contributed by atoms with E-state index in [1.54, 1.807) is 0 Å². The van der Waals surface area contributed by atoms with Gasteiger partial charge in [0.05, 0.1) is 13.0 Å². The molecule has 3 atom stereocenters. The molecule has 1 aromatic rings. The Morgan fingerprint density at radius 1 is 1.09 bits per heavy atom. The van der Waals surface area contributed by atoms with Crippen molar-refractivity contribution in [3.05, 3.63) is 35.4 Å². The molecule has 3 saturated heterocycles. The molecular weight excluding hydrogens is 432 g/mol. The third kappa shape index (κ3) is 5.44. The number of esters is 1. The van der Waals surface area contributed by atoms with E-state index < -0.39 is 0 Å². The summed E-state index contributed by atoms with van der Waals surface area (Å²) in [6.45, 7) is 5.52. The van der Waals surface area contributed by atoms with Crippen LogP contribution in [0.1, 0.15) is 43.2 Å². The second kappa shape index (κ2) is 10.9. The number of nitrogens with one attached hydrogen (secondary N) is 1. The van der Waals surface area contributed by atoms with Crippen LogP contribution in [0.15, 0.2) is 24.3 Å². The average molecular weight is 471 g/mol. The minimum atomic E-state index is -0.175. The van der Waals surface area contributed by atoms with E-state index in [4.69, 9.17) is 4.74 Å². The number of fused-ring (bicyclic) bond motifs is 1. The molecule has 1 N–H and O–H groups in total. The number of ether oxygens (including phenoxy) is 1. The van der Waals surface area contributed by atoms with E-state index >= 15 is 0 Å². The molecule has 0 spiro atoms. The van der Waals surface area contributed by atoms with Gasteiger partial charge in [-0.2, -0.15) is 0 Å². The molecule has 3 aliphatic rings. The zero-order valence-electron chi connectivity index (χ0n) is 20.7. The van der Waals surface area contributed by atoms with Crippen molar-refractivity contribution in [1.29, 1.82) is 0 Å². The summed E-state index contributed by atoms with van der Waals surface area (Å²) in [6.07, 6.45) is 3.45. The molecule has 186 valence electrons. The number of carbonyl (C=O) groups excluding carboxylic acids is 3. The molecule has 0 aliphatic carbocycles. The molecule has 0 radical (unpaired) electrons. The number of piperidine rings is 1. The molecule has 34 heavy (non-hydrogen) atoms. The maximum atomic E-state index is 13.0. The minimum absolute atomic E-state index is 0.0974. The number of hydrogen-bond acceptors (Lipinski definition) is 6. The lowest BCUT2D eigenvalue weighted by molar-refractivity contribution is -0.149. The zero-order chi connectivity index (χ0) is 24.2. The van der Waals surface area contributed by atoms with Gasteiger partial charge in [0.25, 0.3) is 0 Å². The number of likely N-dealkylation sites (N-methyl/N-ethyl adjacent to an activating group) is 1. The van der Waals surface area contributed by atoms with Gasteiger partial charge in [0, 0.05) is 51.2 Å². The molecular formula is C26H38N4O4. The van der Waals surface area contributed by atoms with Crippen molar-refractivity contribution in [1.82, 2.24) is 20.0 Å². The Bertz CT molecular complexity index is 881. The first-order chi connectivity index (χ1) is 16.4. The van der Waals surface area contributed by atoms with Crippen LogP contribution in [0.5, 0.6) is 0 Å². The van der Waals surface area contributed by atoms with Gasteiger partial charge in [-0.25, -0.2) is 0 Å². The van der Waals surface area contributed by atoms with Crippen LogP contribution >= 0.6 is 0 Å². The summed E-state index contributed by atoms with van der Waals surface area (Å²) in [5, 5.41) is 3.15. The lowest BCUT2D eigenvalue weighted by Crippen LogP contribution is -2.49. The van der Waals surface area contributed by atoms with E-state index in [0.29, 0.717) is 45.3 Å². The Morgan fingerprint density at radius 3 is 2.47 bits per heavy atom. The van der Waals surface area contributed by atoms with Gasteiger partial charge in [0.15, 0.2) is 0 Å². The van der Waals surface area contributed by atoms with Gasteiger partial charge in [-0.05, 0) is 45.2 Å². The van der Waals surface area contributed by atoms with E-state index in [1.165, 1.54) is 18.2 Å². The van der Waals surface area contributed by atoms with Crippen LogP contribution in [0, 0.1) is 12.8 Å². The Kier molecular flexibility index (Phi) is 7.88. The fourth-order valence-electron chi connectivity index (χ4n) is 5.73. The van der Waals surface area contributed by atoms with Crippen molar-refractivity contribution < 1.29 is 19.1 Å². The van der Waals surface area contributed by atoms with E-state index in [-0.39, 0.29) is 41.8 Å². The minimum Gasteiger partial charge on any atom is -0.469 e. The quantitative estimate of drug-likeness (QED) is 0.636. The molecule has 4 rings (SSSR count). The summed E-state index contributed by atoms with van der Waals surface area (Å²) in [5.74, 6) is -0.0405. The summed E-state index contributed by atoms with van der Waals surface area (Å²) in [5.41, 5.74) is 2.46. The first-order valence-corrected chi connectivity index (χ1v) is 12.5. The van der Waals surface area contributed by atoms with Gasteiger partial charge >= 0.3 is 5.97 Å². The SMILES string of the molecule is COC(=O)C1CCN(C(=O)CC[C@H]2CNC(=O)[C@@H]3[C@H](CCN3Cc3ccc(C)cc3)N2C)CC1. The van der Waals surface area contributed by atoms with E-state index in [1.807, 2.05) is 4.90 Å². The second-order valence-electron chi connectivity index (χ2n) is 10.0. The van der Waals surface area contributed by atoms with Crippen LogP contribution in [-0.2, 0) is 25.7 Å². The number of nitrogens with zero attached hydrogens (tertiary/aromatic N) is 3. The highest BCUT2D eigenvalue weighted by Gasteiger charge is 2.45. The van der Waals surface area contributed by atoms with Crippen molar-refractivity contribution in [2.45, 2.75) is 63.7 Å². The lowest BCUT2D eigenvalue weighted by Gasteiger charge is -2.34. The van der Waals surface area contributed by atoms with Gasteiger partial charge < -0.3 is 15.0 Å². The number of carbonyl (C=O) groups is 3. The first-order valence-electron chi connectivity index (χ1n) is 12.5. The summed E-state index contributed by atoms with van der Waals surface area (Å²) >= 11 is 0. The number of likely N-dealkylation sites (tertiary alicyclic amines) is 2. The Labute approximate surface area is 202 Å². The Morgan fingerprint density at radius 2 is 1.79 bits per heavy atom. The number of benzene rings is 1. The highest BCUT2D eigenvalue weighted by Crippen LogP contribution is 2.29. The van der Waals surface area contributed by atoms with Crippen LogP contribution in [0.25, 0.3) is 0 Å². The molecule has 3 fully saturated rings. The summed E-state index contributed by atoms with van der Waals surface area (Å²) in [6, 6.07) is 8.65. The maximum Gasteiger partial charge on any atom is 0.308 e. The second-order valence-corrected chi connectivity index (χ2v) is 10.0. The van der Waals surface area contributed by atoms with E-state index in [2.05, 4.69) is 53.4 Å². The van der Waals surface area contributed by atoms with Crippen molar-refractivity contribution in [2.24, 2.45) is 5.92 Å². The topological polar surface area (TPSA) is 82.2 Å². The monoisotopic (exact) mass is 470 g/mol. The molecule has 3 aliphatic heterocycles. The molecule has 3 heterocycles. The van der Waals surface area contributed by atoms with Crippen LogP contribution in [-0.4, -0.2) is 90.9 Å². The number of hydrogen-bond donors (Lipinski definition) is 1. The zero-order valence-corrected chi connectivity index (χ0v) is 20.7. The number of rotatable bonds is 6. The average Bonchev–Trinajstić information content (AvgIpc) is 3.23. The summed E-state index contributed by atoms with van der Waals surface area (Å²) < 4.78 is 4.84. The molecule has 0 aromatic heterocycles. The van der Waals surface area contributed by atoms with E-state index in [0.717, 1.165) is 19.5 Å². The fourth-order valence-corrected chi connectivity index (χ4v) is 5.73. The molecule has 1 aromatic carbocycles. The fraction of sp³-hybridized carbons (Fsp3) is 0.654. The molecule has 0 saturated carbocycles. The molecule has 0 unspecified atom stereocenters. The van der Waals surface area contributed by atoms with Crippen LogP contribution in [0.4, 0.5) is 0 Å². The van der Waals surface area contributed by atoms with Crippen LogP contribution in [0.3, 0.4) is 0 Å². The summed E-state index contributed by atoms with van der Waals surface area (Å²) in [7, 11) is 3.52. The van der Waals surface area contributed by atoms with Crippen molar-refractivity contribution in [3.63, 3.8) is 0 Å². The Hall–Kier alpha value is -2.45. The first kappa shape index (κ1) is 24.7. The number of methoxy groups -OCH3 is 1. The van der Waals surface area contributed by atoms with Gasteiger partial charge in [-0.15, -0.1) is 0 Å². The van der Waals surface area contributed by atoms with Crippen LogP contribution in [0.2, 0.25) is 0 Å². The molecule has 2 amide bonds. The largest absolute Gasteiger partial charge is 0.469 e. The van der Waals surface area contributed by atoms with Crippen molar-refractivity contribution in [2.75, 3.05) is 40.3 Å². The van der Waals surface area contributed by atoms with Gasteiger partial charge in [0.2, 0.25) is 11.8 Å². The highest BCUT2D eigenvalue weighted by molar-refractivity contribution is 5.83. The van der Waals surface area contributed by atoms with Crippen molar-refractivity contribution >= 4 is 17.8 Å². The summed E-state index contributed by atoms with van der Waals surface area (Å²) in [4.78, 5) is 44.1. The van der Waals surface area contributed by atoms with Crippen molar-refractivity contribution in [3.8, 4) is 0 Å². The van der Waals surface area contributed by atoms with Gasteiger partial charge in [-0.3, -0.25) is 24.2 Å². The van der Waals surface area contributed by atoms with Crippen LogP contribution < -0.4 is 5.32 Å². The third-order valence-electron chi connectivity index (χ3n) is 7.93. The maximum absolute atomic E-state index is 13.0. The van der Waals surface area contributed by atoms with Gasteiger partial charge in [0.1, 0.15) is 6.04 Å². The molecule has 8 nitrogen and oxygen atoms in total. The predicted octanol–water partition coefficient (Wildman–Crippen LogP) is 1.56. The lowest BCUT2D eigenvalue weighted by atomic mass is 9.96. The number of aryl methyl sites for hydroxylation is 1. The highest BCUT2D eigenvalue weighted by atomic mass is 16.5.